The molecule has 1 heterocycles. The van der Waals surface area contributed by atoms with Crippen LogP contribution in [0.1, 0.15) is 29.6 Å². The number of hydrogen-bond acceptors (Lipinski definition) is 4. The fourth-order valence-corrected chi connectivity index (χ4v) is 4.41. The number of nitrogens with one attached hydrogen (secondary N) is 2. The van der Waals surface area contributed by atoms with Crippen LogP contribution in [0.2, 0.25) is 15.1 Å². The predicted molar refractivity (Wildman–Crippen MR) is 124 cm³/mol. The number of thiocarbonyl (C=S) groups is 1. The average Bonchev–Trinajstić information content (AvgIpc) is 2.68. The Kier molecular flexibility index (Phi) is 7.46. The van der Waals surface area contributed by atoms with E-state index in [0.29, 0.717) is 10.8 Å². The Labute approximate surface area is 190 Å². The van der Waals surface area contributed by atoms with Gasteiger partial charge in [0.25, 0.3) is 5.91 Å². The molecule has 0 bridgehead atoms. The first-order valence-corrected chi connectivity index (χ1v) is 10.6. The van der Waals surface area contributed by atoms with Gasteiger partial charge in [0.2, 0.25) is 0 Å². The van der Waals surface area contributed by atoms with Gasteiger partial charge in [-0.05, 0) is 55.7 Å². The molecule has 0 aromatic heterocycles. The van der Waals surface area contributed by atoms with Crippen LogP contribution in [-0.4, -0.2) is 31.2 Å². The van der Waals surface area contributed by atoms with E-state index in [-0.39, 0.29) is 20.7 Å². The molecule has 0 saturated carbocycles. The lowest BCUT2D eigenvalue weighted by atomic mass is 10.1. The van der Waals surface area contributed by atoms with Gasteiger partial charge in [-0.1, -0.05) is 40.9 Å². The Morgan fingerprint density at radius 2 is 1.72 bits per heavy atom. The lowest BCUT2D eigenvalue weighted by molar-refractivity contribution is 0.0977. The number of piperidine rings is 1. The van der Waals surface area contributed by atoms with Crippen molar-refractivity contribution in [3.63, 3.8) is 0 Å². The van der Waals surface area contributed by atoms with Gasteiger partial charge in [-0.3, -0.25) is 10.1 Å². The first-order valence-electron chi connectivity index (χ1n) is 9.09. The third-order valence-corrected chi connectivity index (χ3v) is 5.67. The standard InChI is InChI=1S/C20H20Cl3N3O2S/c1-28-18-14(22)10-12(11-15(18)23)19(27)25-20(29)24-16-7-5-6-13(21)17(16)26-8-3-2-4-9-26/h5-7,10-11H,2-4,8-9H2,1H3,(H2,24,25,27,29). The summed E-state index contributed by atoms with van der Waals surface area (Å²) < 4.78 is 5.10. The van der Waals surface area contributed by atoms with E-state index in [9.17, 15) is 4.79 Å². The molecule has 2 N–H and O–H groups in total. The molecular formula is C20H20Cl3N3O2S. The third-order valence-electron chi connectivity index (χ3n) is 4.60. The molecule has 1 fully saturated rings. The molecule has 5 nitrogen and oxygen atoms in total. The van der Waals surface area contributed by atoms with Gasteiger partial charge in [0.1, 0.15) is 0 Å². The van der Waals surface area contributed by atoms with Crippen molar-refractivity contribution in [2.45, 2.75) is 19.3 Å². The molecule has 1 saturated heterocycles. The zero-order valence-electron chi connectivity index (χ0n) is 15.7. The smallest absolute Gasteiger partial charge is 0.257 e. The lowest BCUT2D eigenvalue weighted by Gasteiger charge is -2.31. The molecule has 0 unspecified atom stereocenters. The Bertz CT molecular complexity index is 910. The zero-order chi connectivity index (χ0) is 21.0. The molecule has 1 amide bonds. The quantitative estimate of drug-likeness (QED) is 0.553. The van der Waals surface area contributed by atoms with Gasteiger partial charge < -0.3 is 15.0 Å². The van der Waals surface area contributed by atoms with E-state index in [1.165, 1.54) is 25.7 Å². The molecule has 0 radical (unpaired) electrons. The maximum atomic E-state index is 12.6. The summed E-state index contributed by atoms with van der Waals surface area (Å²) in [5.74, 6) is -0.119. The summed E-state index contributed by atoms with van der Waals surface area (Å²) in [5, 5.41) is 7.01. The molecule has 0 atom stereocenters. The number of anilines is 2. The van der Waals surface area contributed by atoms with Crippen LogP contribution in [-0.2, 0) is 0 Å². The number of carbonyl (C=O) groups excluding carboxylic acids is 1. The molecule has 0 spiro atoms. The Balaban J connectivity index is 1.74. The summed E-state index contributed by atoms with van der Waals surface area (Å²) >= 11 is 24.0. The second-order valence-corrected chi connectivity index (χ2v) is 8.19. The van der Waals surface area contributed by atoms with Crippen LogP contribution >= 0.6 is 47.0 Å². The number of hydrogen-bond donors (Lipinski definition) is 2. The maximum Gasteiger partial charge on any atom is 0.257 e. The normalized spacial score (nSPS) is 13.7. The number of carbonyl (C=O) groups is 1. The minimum Gasteiger partial charge on any atom is -0.494 e. The van der Waals surface area contributed by atoms with E-state index >= 15 is 0 Å². The molecule has 154 valence electrons. The van der Waals surface area contributed by atoms with Crippen LogP contribution in [0.5, 0.6) is 5.75 Å². The Hall–Kier alpha value is -1.73. The van der Waals surface area contributed by atoms with Gasteiger partial charge in [-0.25, -0.2) is 0 Å². The summed E-state index contributed by atoms with van der Waals surface area (Å²) in [4.78, 5) is 14.8. The molecule has 2 aromatic rings. The number of para-hydroxylation sites is 1. The average molecular weight is 473 g/mol. The van der Waals surface area contributed by atoms with Crippen LogP contribution in [0, 0.1) is 0 Å². The molecular weight excluding hydrogens is 453 g/mol. The second-order valence-electron chi connectivity index (χ2n) is 6.57. The van der Waals surface area contributed by atoms with Crippen LogP contribution < -0.4 is 20.3 Å². The predicted octanol–water partition coefficient (Wildman–Crippen LogP) is 5.77. The fraction of sp³-hybridized carbons (Fsp3) is 0.300. The number of rotatable bonds is 4. The molecule has 9 heteroatoms. The molecule has 3 rings (SSSR count). The van der Waals surface area contributed by atoms with E-state index < -0.39 is 5.91 Å². The summed E-state index contributed by atoms with van der Waals surface area (Å²) in [5.41, 5.74) is 1.91. The van der Waals surface area contributed by atoms with Gasteiger partial charge in [0, 0.05) is 18.7 Å². The fourth-order valence-electron chi connectivity index (χ4n) is 3.27. The number of halogens is 3. The second kappa shape index (κ2) is 9.85. The Morgan fingerprint density at radius 3 is 2.34 bits per heavy atom. The van der Waals surface area contributed by atoms with Crippen molar-refractivity contribution in [3.8, 4) is 5.75 Å². The van der Waals surface area contributed by atoms with Gasteiger partial charge in [0.15, 0.2) is 10.9 Å². The molecule has 2 aromatic carbocycles. The number of ether oxygens (including phenoxy) is 1. The minimum absolute atomic E-state index is 0.151. The van der Waals surface area contributed by atoms with Crippen molar-refractivity contribution in [2.75, 3.05) is 30.4 Å². The van der Waals surface area contributed by atoms with Crippen LogP contribution in [0.25, 0.3) is 0 Å². The van der Waals surface area contributed by atoms with Crippen molar-refractivity contribution in [1.29, 1.82) is 0 Å². The zero-order valence-corrected chi connectivity index (χ0v) is 18.8. The van der Waals surface area contributed by atoms with Crippen molar-refractivity contribution in [1.82, 2.24) is 5.32 Å². The van der Waals surface area contributed by atoms with E-state index in [4.69, 9.17) is 51.8 Å². The van der Waals surface area contributed by atoms with Gasteiger partial charge in [0.05, 0.1) is 33.6 Å². The number of methoxy groups -OCH3 is 1. The van der Waals surface area contributed by atoms with Gasteiger partial charge in [-0.15, -0.1) is 0 Å². The number of nitrogens with zero attached hydrogens (tertiary/aromatic N) is 1. The summed E-state index contributed by atoms with van der Waals surface area (Å²) in [6, 6.07) is 8.52. The lowest BCUT2D eigenvalue weighted by Crippen LogP contribution is -2.35. The topological polar surface area (TPSA) is 53.6 Å². The molecule has 1 aliphatic heterocycles. The first kappa shape index (κ1) is 22.0. The SMILES string of the molecule is COc1c(Cl)cc(C(=O)NC(=S)Nc2cccc(Cl)c2N2CCCCC2)cc1Cl. The highest BCUT2D eigenvalue weighted by Gasteiger charge is 2.19. The van der Waals surface area contributed by atoms with E-state index in [1.807, 2.05) is 18.2 Å². The third kappa shape index (κ3) is 5.25. The van der Waals surface area contributed by atoms with Crippen molar-refractivity contribution < 1.29 is 9.53 Å². The maximum absolute atomic E-state index is 12.6. The molecule has 1 aliphatic rings. The highest BCUT2D eigenvalue weighted by Crippen LogP contribution is 2.36. The van der Waals surface area contributed by atoms with Crippen molar-refractivity contribution >= 4 is 69.4 Å². The van der Waals surface area contributed by atoms with E-state index in [0.717, 1.165) is 37.3 Å². The summed E-state index contributed by atoms with van der Waals surface area (Å²) in [6.45, 7) is 1.86. The molecule has 29 heavy (non-hydrogen) atoms. The van der Waals surface area contributed by atoms with Gasteiger partial charge in [-0.2, -0.15) is 0 Å². The highest BCUT2D eigenvalue weighted by atomic mass is 35.5. The summed E-state index contributed by atoms with van der Waals surface area (Å²) in [6.07, 6.45) is 3.45. The van der Waals surface area contributed by atoms with E-state index in [2.05, 4.69) is 15.5 Å². The molecule has 0 aliphatic carbocycles. The van der Waals surface area contributed by atoms with Crippen LogP contribution in [0.15, 0.2) is 30.3 Å². The van der Waals surface area contributed by atoms with Crippen molar-refractivity contribution in [2.24, 2.45) is 0 Å². The van der Waals surface area contributed by atoms with Crippen LogP contribution in [0.4, 0.5) is 11.4 Å². The summed E-state index contributed by atoms with van der Waals surface area (Å²) in [7, 11) is 1.46. The Morgan fingerprint density at radius 1 is 1.07 bits per heavy atom. The van der Waals surface area contributed by atoms with Crippen molar-refractivity contribution in [3.05, 3.63) is 51.0 Å². The number of amides is 1. The number of benzene rings is 2. The minimum atomic E-state index is -0.435. The first-order chi connectivity index (χ1) is 13.9. The van der Waals surface area contributed by atoms with Gasteiger partial charge >= 0.3 is 0 Å². The monoisotopic (exact) mass is 471 g/mol. The highest BCUT2D eigenvalue weighted by molar-refractivity contribution is 7.80. The largest absolute Gasteiger partial charge is 0.494 e. The van der Waals surface area contributed by atoms with Crippen LogP contribution in [0.3, 0.4) is 0 Å². The van der Waals surface area contributed by atoms with E-state index in [1.54, 1.807) is 0 Å².